The molecule has 0 aliphatic heterocycles. The van der Waals surface area contributed by atoms with Crippen molar-refractivity contribution in [3.8, 4) is 6.07 Å². The molecule has 0 fully saturated rings. The van der Waals surface area contributed by atoms with Gasteiger partial charge in [0.15, 0.2) is 0 Å². The fourth-order valence-corrected chi connectivity index (χ4v) is 2.13. The van der Waals surface area contributed by atoms with Crippen LogP contribution in [0.5, 0.6) is 0 Å². The predicted molar refractivity (Wildman–Crippen MR) is 85.2 cm³/mol. The zero-order valence-corrected chi connectivity index (χ0v) is 13.9. The van der Waals surface area contributed by atoms with Gasteiger partial charge in [0.25, 0.3) is 0 Å². The number of nitriles is 1. The van der Waals surface area contributed by atoms with Gasteiger partial charge in [-0.1, -0.05) is 11.6 Å². The lowest BCUT2D eigenvalue weighted by Gasteiger charge is -2.21. The molecule has 8 heteroatoms. The van der Waals surface area contributed by atoms with Gasteiger partial charge in [-0.2, -0.15) is 5.26 Å². The highest BCUT2D eigenvalue weighted by molar-refractivity contribution is 6.32. The molecule has 0 aliphatic carbocycles. The average Bonchev–Trinajstić information content (AvgIpc) is 2.86. The van der Waals surface area contributed by atoms with E-state index in [0.29, 0.717) is 28.1 Å². The molecule has 0 saturated carbocycles. The molecule has 2 rings (SSSR count). The van der Waals surface area contributed by atoms with Crippen LogP contribution in [0.4, 0.5) is 5.69 Å². The van der Waals surface area contributed by atoms with E-state index in [9.17, 15) is 5.11 Å². The van der Waals surface area contributed by atoms with Crippen LogP contribution in [0.3, 0.4) is 0 Å². The summed E-state index contributed by atoms with van der Waals surface area (Å²) in [5.74, 6) is 0.717. The molecule has 1 aromatic heterocycles. The number of hydrogen-bond acceptors (Lipinski definition) is 6. The van der Waals surface area contributed by atoms with Gasteiger partial charge in [0.1, 0.15) is 12.1 Å². The molecule has 2 aromatic rings. The van der Waals surface area contributed by atoms with E-state index in [2.05, 4.69) is 15.5 Å². The highest BCUT2D eigenvalue weighted by atomic mass is 35.5. The zero-order valence-electron chi connectivity index (χ0n) is 12.3. The Morgan fingerprint density at radius 3 is 2.55 bits per heavy atom. The predicted octanol–water partition coefficient (Wildman–Crippen LogP) is 3.17. The number of nitrogens with zero attached hydrogens (tertiary/aromatic N) is 3. The molecule has 0 spiro atoms. The lowest BCUT2D eigenvalue weighted by Crippen LogP contribution is -2.23. The van der Waals surface area contributed by atoms with E-state index in [1.807, 2.05) is 6.07 Å². The van der Waals surface area contributed by atoms with E-state index in [-0.39, 0.29) is 12.4 Å². The van der Waals surface area contributed by atoms with Crippen LogP contribution < -0.4 is 5.32 Å². The number of hydrogen-bond donors (Lipinski definition) is 2. The van der Waals surface area contributed by atoms with E-state index in [0.717, 1.165) is 5.56 Å². The molecule has 22 heavy (non-hydrogen) atoms. The Bertz CT molecular complexity index is 695. The molecule has 118 valence electrons. The third kappa shape index (κ3) is 3.69. The first-order valence-corrected chi connectivity index (χ1v) is 6.75. The van der Waals surface area contributed by atoms with Crippen molar-refractivity contribution in [1.29, 1.82) is 5.26 Å². The minimum atomic E-state index is -0.751. The van der Waals surface area contributed by atoms with Crippen molar-refractivity contribution in [1.82, 2.24) is 10.2 Å². The summed E-state index contributed by atoms with van der Waals surface area (Å²) in [5.41, 5.74) is 1.82. The van der Waals surface area contributed by atoms with Crippen LogP contribution in [-0.4, -0.2) is 21.4 Å². The van der Waals surface area contributed by atoms with Crippen LogP contribution in [0.25, 0.3) is 0 Å². The van der Waals surface area contributed by atoms with Crippen molar-refractivity contribution in [3.05, 3.63) is 40.1 Å². The lowest BCUT2D eigenvalue weighted by atomic mass is 10.1. The van der Waals surface area contributed by atoms with Gasteiger partial charge >= 0.3 is 0 Å². The molecule has 1 aromatic carbocycles. The molecule has 1 heterocycles. The van der Waals surface area contributed by atoms with Crippen molar-refractivity contribution in [2.75, 3.05) is 5.32 Å². The van der Waals surface area contributed by atoms with Crippen LogP contribution in [0.15, 0.2) is 16.5 Å². The third-order valence-corrected chi connectivity index (χ3v) is 3.60. The number of aryl methyl sites for hydroxylation is 1. The second-order valence-electron chi connectivity index (χ2n) is 4.73. The zero-order chi connectivity index (χ0) is 15.6. The monoisotopic (exact) mass is 342 g/mol. The van der Waals surface area contributed by atoms with Crippen molar-refractivity contribution < 1.29 is 9.52 Å². The van der Waals surface area contributed by atoms with Gasteiger partial charge in [-0.15, -0.1) is 22.6 Å². The number of halogens is 2. The molecule has 0 radical (unpaired) electrons. The summed E-state index contributed by atoms with van der Waals surface area (Å²) in [5, 5.41) is 30.1. The minimum Gasteiger partial charge on any atom is -0.423 e. The molecular formula is C14H16Cl2N4O2. The number of aliphatic hydroxyl groups excluding tert-OH is 1. The molecule has 6 nitrogen and oxygen atoms in total. The average molecular weight is 343 g/mol. The molecule has 0 saturated heterocycles. The Hall–Kier alpha value is -1.81. The highest BCUT2D eigenvalue weighted by Gasteiger charge is 2.24. The topological polar surface area (TPSA) is 95.0 Å². The number of anilines is 1. The van der Waals surface area contributed by atoms with E-state index in [1.165, 1.54) is 0 Å². The maximum Gasteiger partial charge on any atom is 0.241 e. The van der Waals surface area contributed by atoms with Crippen LogP contribution in [0, 0.1) is 25.2 Å². The molecule has 0 amide bonds. The van der Waals surface area contributed by atoms with Crippen LogP contribution in [0.1, 0.15) is 35.9 Å². The summed E-state index contributed by atoms with van der Waals surface area (Å²) < 4.78 is 5.36. The highest BCUT2D eigenvalue weighted by Crippen LogP contribution is 2.30. The van der Waals surface area contributed by atoms with Gasteiger partial charge in [-0.3, -0.25) is 0 Å². The first-order valence-electron chi connectivity index (χ1n) is 6.37. The molecule has 2 atom stereocenters. The van der Waals surface area contributed by atoms with Crippen LogP contribution in [-0.2, 0) is 0 Å². The number of nitrogens with one attached hydrogen (secondary N) is 1. The molecule has 2 N–H and O–H groups in total. The Morgan fingerprint density at radius 2 is 2.05 bits per heavy atom. The summed E-state index contributed by atoms with van der Waals surface area (Å²) >= 11 is 6.14. The van der Waals surface area contributed by atoms with Crippen molar-refractivity contribution in [2.24, 2.45) is 0 Å². The van der Waals surface area contributed by atoms with Gasteiger partial charge in [0.05, 0.1) is 16.7 Å². The lowest BCUT2D eigenvalue weighted by molar-refractivity contribution is 0.159. The maximum absolute atomic E-state index is 9.92. The summed E-state index contributed by atoms with van der Waals surface area (Å²) in [6.45, 7) is 5.10. The fraction of sp³-hybridized carbons (Fsp3) is 0.357. The van der Waals surface area contributed by atoms with E-state index in [1.54, 1.807) is 32.9 Å². The minimum absolute atomic E-state index is 0. The normalized spacial score (nSPS) is 12.9. The summed E-state index contributed by atoms with van der Waals surface area (Å²) in [4.78, 5) is 0. The van der Waals surface area contributed by atoms with Crippen LogP contribution >= 0.6 is 24.0 Å². The van der Waals surface area contributed by atoms with Crippen molar-refractivity contribution in [3.63, 3.8) is 0 Å². The molecule has 0 bridgehead atoms. The maximum atomic E-state index is 9.92. The Morgan fingerprint density at radius 1 is 1.36 bits per heavy atom. The number of rotatable bonds is 4. The SMILES string of the molecule is Cc1nnc([C@H](Nc2ccc(C#N)c(Cl)c2C)[C@H](C)O)o1.Cl. The molecule has 0 unspecified atom stereocenters. The van der Waals surface area contributed by atoms with Gasteiger partial charge in [0.2, 0.25) is 11.8 Å². The molecular weight excluding hydrogens is 327 g/mol. The van der Waals surface area contributed by atoms with E-state index >= 15 is 0 Å². The third-order valence-electron chi connectivity index (χ3n) is 3.11. The van der Waals surface area contributed by atoms with E-state index < -0.39 is 12.1 Å². The van der Waals surface area contributed by atoms with E-state index in [4.69, 9.17) is 21.3 Å². The summed E-state index contributed by atoms with van der Waals surface area (Å²) in [6, 6.07) is 4.82. The van der Waals surface area contributed by atoms with Crippen molar-refractivity contribution in [2.45, 2.75) is 32.9 Å². The smallest absolute Gasteiger partial charge is 0.241 e. The van der Waals surface area contributed by atoms with Gasteiger partial charge in [-0.25, -0.2) is 0 Å². The van der Waals surface area contributed by atoms with Crippen molar-refractivity contribution >= 4 is 29.7 Å². The standard InChI is InChI=1S/C14H15ClN4O2.ClH/c1-7-11(5-4-10(6-16)12(7)15)17-13(8(2)20)14-19-18-9(3)21-14;/h4-5,8,13,17,20H,1-3H3;1H/t8-,13+;/m0./s1. The first kappa shape index (κ1) is 18.2. The first-order chi connectivity index (χ1) is 9.93. The quantitative estimate of drug-likeness (QED) is 0.885. The van der Waals surface area contributed by atoms with Crippen LogP contribution in [0.2, 0.25) is 5.02 Å². The van der Waals surface area contributed by atoms with Gasteiger partial charge in [0, 0.05) is 12.6 Å². The Kier molecular flexibility index (Phi) is 6.18. The van der Waals surface area contributed by atoms with Gasteiger partial charge in [-0.05, 0) is 31.5 Å². The Balaban J connectivity index is 0.00000242. The largest absolute Gasteiger partial charge is 0.423 e. The number of aliphatic hydroxyl groups is 1. The molecule has 0 aliphatic rings. The summed E-state index contributed by atoms with van der Waals surface area (Å²) in [7, 11) is 0. The number of aromatic nitrogens is 2. The second-order valence-corrected chi connectivity index (χ2v) is 5.11. The summed E-state index contributed by atoms with van der Waals surface area (Å²) in [6.07, 6.45) is -0.751. The Labute approximate surface area is 139 Å². The fourth-order valence-electron chi connectivity index (χ4n) is 1.92. The second kappa shape index (κ2) is 7.45. The number of benzene rings is 1. The van der Waals surface area contributed by atoms with Gasteiger partial charge < -0.3 is 14.8 Å².